The van der Waals surface area contributed by atoms with Gasteiger partial charge in [0.25, 0.3) is 0 Å². The van der Waals surface area contributed by atoms with Gasteiger partial charge < -0.3 is 10.6 Å². The number of guanidine groups is 1. The Hall–Kier alpha value is -1.32. The number of rotatable bonds is 4. The Labute approximate surface area is 161 Å². The van der Waals surface area contributed by atoms with Crippen molar-refractivity contribution in [3.05, 3.63) is 46.9 Å². The molecule has 2 aromatic rings. The number of alkyl halides is 3. The Morgan fingerprint density at radius 2 is 1.88 bits per heavy atom. The maximum atomic E-state index is 12.5. The Morgan fingerprint density at radius 1 is 1.16 bits per heavy atom. The van der Waals surface area contributed by atoms with Crippen LogP contribution in [0, 0.1) is 0 Å². The summed E-state index contributed by atoms with van der Waals surface area (Å²) in [5, 5.41) is 0. The topological polar surface area (TPSA) is 41.6 Å². The van der Waals surface area contributed by atoms with Crippen LogP contribution in [0.15, 0.2) is 61.7 Å². The summed E-state index contributed by atoms with van der Waals surface area (Å²) < 4.78 is 38.2. The quantitative estimate of drug-likeness (QED) is 0.360. The third kappa shape index (κ3) is 5.86. The van der Waals surface area contributed by atoms with Crippen molar-refractivity contribution in [2.24, 2.45) is 10.7 Å². The molecule has 2 rings (SSSR count). The number of aliphatic imine (C=N–C) groups is 1. The summed E-state index contributed by atoms with van der Waals surface area (Å²) >= 11 is 4.71. The zero-order chi connectivity index (χ0) is 18.6. The second-order valence-electron chi connectivity index (χ2n) is 4.89. The standard InChI is InChI=1S/C16H15BrF3N3S2/c1-23(10-4-3-5-11(8-10)24-2)15(21)22-14-9-12(6-7-13(14)17)25-16(18,19)20/h3-9H,1-2H3,(H2,21,22). The van der Waals surface area contributed by atoms with Gasteiger partial charge in [-0.25, -0.2) is 4.99 Å². The lowest BCUT2D eigenvalue weighted by atomic mass is 10.3. The number of nitrogens with zero attached hydrogens (tertiary/aromatic N) is 2. The highest BCUT2D eigenvalue weighted by molar-refractivity contribution is 9.10. The van der Waals surface area contributed by atoms with Crippen LogP contribution >= 0.6 is 39.5 Å². The van der Waals surface area contributed by atoms with E-state index in [1.165, 1.54) is 18.2 Å². The molecule has 0 spiro atoms. The number of halogens is 4. The first kappa shape index (κ1) is 20.0. The number of benzene rings is 2. The van der Waals surface area contributed by atoms with Crippen molar-refractivity contribution in [3.8, 4) is 0 Å². The summed E-state index contributed by atoms with van der Waals surface area (Å²) in [5.74, 6) is 0.174. The van der Waals surface area contributed by atoms with Crippen molar-refractivity contribution < 1.29 is 13.2 Å². The molecule has 0 bridgehead atoms. The summed E-state index contributed by atoms with van der Waals surface area (Å²) in [5.41, 5.74) is 2.86. The highest BCUT2D eigenvalue weighted by Crippen LogP contribution is 2.39. The predicted molar refractivity (Wildman–Crippen MR) is 104 cm³/mol. The molecule has 0 aliphatic rings. The van der Waals surface area contributed by atoms with Gasteiger partial charge in [-0.1, -0.05) is 6.07 Å². The lowest BCUT2D eigenvalue weighted by Gasteiger charge is -2.19. The zero-order valence-corrected chi connectivity index (χ0v) is 16.6. The molecule has 0 saturated carbocycles. The summed E-state index contributed by atoms with van der Waals surface area (Å²) in [6.45, 7) is 0. The molecule has 0 saturated heterocycles. The predicted octanol–water partition coefficient (Wildman–Crippen LogP) is 5.87. The number of anilines is 1. The van der Waals surface area contributed by atoms with Gasteiger partial charge in [0.15, 0.2) is 0 Å². The third-order valence-corrected chi connectivity index (χ3v) is 5.29. The number of hydrogen-bond donors (Lipinski definition) is 1. The Morgan fingerprint density at radius 3 is 2.52 bits per heavy atom. The van der Waals surface area contributed by atoms with Crippen molar-refractivity contribution in [2.45, 2.75) is 15.3 Å². The van der Waals surface area contributed by atoms with Crippen molar-refractivity contribution in [1.82, 2.24) is 0 Å². The lowest BCUT2D eigenvalue weighted by molar-refractivity contribution is -0.0328. The van der Waals surface area contributed by atoms with Gasteiger partial charge in [-0.3, -0.25) is 0 Å². The van der Waals surface area contributed by atoms with E-state index < -0.39 is 5.51 Å². The summed E-state index contributed by atoms with van der Waals surface area (Å²) in [6.07, 6.45) is 1.97. The Balaban J connectivity index is 2.30. The van der Waals surface area contributed by atoms with Crippen LogP contribution in [0.25, 0.3) is 0 Å². The van der Waals surface area contributed by atoms with Gasteiger partial charge in [-0.15, -0.1) is 11.8 Å². The molecule has 2 N–H and O–H groups in total. The van der Waals surface area contributed by atoms with Gasteiger partial charge in [-0.2, -0.15) is 13.2 Å². The molecule has 134 valence electrons. The molecular weight excluding hydrogens is 435 g/mol. The molecule has 0 unspecified atom stereocenters. The minimum Gasteiger partial charge on any atom is -0.369 e. The average Bonchev–Trinajstić information content (AvgIpc) is 2.55. The Bertz CT molecular complexity index is 781. The third-order valence-electron chi connectivity index (χ3n) is 3.17. The molecule has 0 atom stereocenters. The van der Waals surface area contributed by atoms with Gasteiger partial charge >= 0.3 is 5.51 Å². The van der Waals surface area contributed by atoms with E-state index >= 15 is 0 Å². The molecule has 0 aromatic heterocycles. The molecule has 0 heterocycles. The molecule has 0 amide bonds. The fourth-order valence-corrected chi connectivity index (χ4v) is 3.29. The van der Waals surface area contributed by atoms with Gasteiger partial charge in [0.1, 0.15) is 0 Å². The molecule has 0 radical (unpaired) electrons. The largest absolute Gasteiger partial charge is 0.446 e. The second kappa shape index (κ2) is 8.37. The first-order valence-electron chi connectivity index (χ1n) is 6.97. The second-order valence-corrected chi connectivity index (χ2v) is 7.76. The number of hydrogen-bond acceptors (Lipinski definition) is 3. The highest BCUT2D eigenvalue weighted by Gasteiger charge is 2.29. The highest BCUT2D eigenvalue weighted by atomic mass is 79.9. The first-order chi connectivity index (χ1) is 11.7. The van der Waals surface area contributed by atoms with Crippen LogP contribution in [0.4, 0.5) is 24.5 Å². The van der Waals surface area contributed by atoms with E-state index in [2.05, 4.69) is 20.9 Å². The summed E-state index contributed by atoms with van der Waals surface area (Å²) in [4.78, 5) is 7.06. The molecule has 25 heavy (non-hydrogen) atoms. The smallest absolute Gasteiger partial charge is 0.369 e. The van der Waals surface area contributed by atoms with E-state index in [0.717, 1.165) is 10.6 Å². The van der Waals surface area contributed by atoms with E-state index in [9.17, 15) is 13.2 Å². The average molecular weight is 450 g/mol. The van der Waals surface area contributed by atoms with Gasteiger partial charge in [0.2, 0.25) is 5.96 Å². The lowest BCUT2D eigenvalue weighted by Crippen LogP contribution is -2.33. The van der Waals surface area contributed by atoms with Crippen LogP contribution in [0.3, 0.4) is 0 Å². The van der Waals surface area contributed by atoms with E-state index in [1.807, 2.05) is 30.5 Å². The molecule has 9 heteroatoms. The van der Waals surface area contributed by atoms with Crippen LogP contribution < -0.4 is 10.6 Å². The maximum absolute atomic E-state index is 12.5. The van der Waals surface area contributed by atoms with Crippen molar-refractivity contribution in [3.63, 3.8) is 0 Å². The number of thioether (sulfide) groups is 2. The van der Waals surface area contributed by atoms with E-state index in [-0.39, 0.29) is 22.6 Å². The van der Waals surface area contributed by atoms with Gasteiger partial charge in [0.05, 0.1) is 5.69 Å². The van der Waals surface area contributed by atoms with Crippen LogP contribution in [0.2, 0.25) is 0 Å². The minimum atomic E-state index is -4.35. The van der Waals surface area contributed by atoms with Crippen molar-refractivity contribution >= 4 is 56.8 Å². The monoisotopic (exact) mass is 449 g/mol. The number of nitrogens with two attached hydrogens (primary N) is 1. The SMILES string of the molecule is CSc1cccc(N(C)C(N)=Nc2cc(SC(F)(F)F)ccc2Br)c1. The van der Waals surface area contributed by atoms with Crippen molar-refractivity contribution in [2.75, 3.05) is 18.2 Å². The maximum Gasteiger partial charge on any atom is 0.446 e. The fourth-order valence-electron chi connectivity index (χ4n) is 1.93. The first-order valence-corrected chi connectivity index (χ1v) is 9.80. The molecule has 0 fully saturated rings. The van der Waals surface area contributed by atoms with Gasteiger partial charge in [0, 0.05) is 27.0 Å². The van der Waals surface area contributed by atoms with Gasteiger partial charge in [-0.05, 0) is 70.3 Å². The van der Waals surface area contributed by atoms with Crippen LogP contribution in [-0.4, -0.2) is 24.8 Å². The van der Waals surface area contributed by atoms with Crippen LogP contribution in [-0.2, 0) is 0 Å². The van der Waals surface area contributed by atoms with Crippen molar-refractivity contribution in [1.29, 1.82) is 0 Å². The molecule has 3 nitrogen and oxygen atoms in total. The zero-order valence-electron chi connectivity index (χ0n) is 13.3. The van der Waals surface area contributed by atoms with Crippen LogP contribution in [0.5, 0.6) is 0 Å². The molecule has 2 aromatic carbocycles. The molecular formula is C16H15BrF3N3S2. The van der Waals surface area contributed by atoms with E-state index in [4.69, 9.17) is 5.73 Å². The summed E-state index contributed by atoms with van der Waals surface area (Å²) in [6, 6.07) is 12.0. The molecule has 0 aliphatic carbocycles. The Kier molecular flexibility index (Phi) is 6.70. The minimum absolute atomic E-state index is 0.0503. The van der Waals surface area contributed by atoms with Crippen LogP contribution in [0.1, 0.15) is 0 Å². The van der Waals surface area contributed by atoms with E-state index in [1.54, 1.807) is 23.7 Å². The fraction of sp³-hybridized carbons (Fsp3) is 0.188. The normalized spacial score (nSPS) is 12.3. The summed E-state index contributed by atoms with van der Waals surface area (Å²) in [7, 11) is 1.75. The molecule has 0 aliphatic heterocycles. The van der Waals surface area contributed by atoms with E-state index in [0.29, 0.717) is 10.2 Å².